The van der Waals surface area contributed by atoms with E-state index in [2.05, 4.69) is 47.0 Å². The third kappa shape index (κ3) is 6.95. The number of aryl methyl sites for hydroxylation is 1. The third-order valence-corrected chi connectivity index (χ3v) is 4.14. The van der Waals surface area contributed by atoms with E-state index in [-0.39, 0.29) is 5.91 Å². The van der Waals surface area contributed by atoms with Gasteiger partial charge in [0, 0.05) is 38.5 Å². The second-order valence-electron chi connectivity index (χ2n) is 5.48. The van der Waals surface area contributed by atoms with Crippen LogP contribution in [0.25, 0.3) is 0 Å². The van der Waals surface area contributed by atoms with Crippen LogP contribution < -0.4 is 10.6 Å². The van der Waals surface area contributed by atoms with Gasteiger partial charge < -0.3 is 15.5 Å². The van der Waals surface area contributed by atoms with E-state index >= 15 is 0 Å². The first-order valence-corrected chi connectivity index (χ1v) is 9.06. The minimum Gasteiger partial charge on any atom is -0.357 e. The third-order valence-electron chi connectivity index (χ3n) is 3.32. The van der Waals surface area contributed by atoms with Crippen molar-refractivity contribution in [1.82, 2.24) is 15.5 Å². The molecular weight excluding hydrogens is 308 g/mol. The quantitative estimate of drug-likeness (QED) is 0.455. The maximum absolute atomic E-state index is 11.6. The molecule has 0 fully saturated rings. The predicted molar refractivity (Wildman–Crippen MR) is 99.1 cm³/mol. The Kier molecular flexibility index (Phi) is 8.55. The van der Waals surface area contributed by atoms with Crippen LogP contribution in [0.4, 0.5) is 0 Å². The van der Waals surface area contributed by atoms with Crippen LogP contribution in [-0.4, -0.2) is 50.2 Å². The summed E-state index contributed by atoms with van der Waals surface area (Å²) in [5.74, 6) is 0.850. The molecule has 2 N–H and O–H groups in total. The van der Waals surface area contributed by atoms with Gasteiger partial charge in [-0.05, 0) is 37.3 Å². The molecule has 0 aromatic heterocycles. The molecule has 0 saturated heterocycles. The van der Waals surface area contributed by atoms with Gasteiger partial charge in [0.15, 0.2) is 5.96 Å². The molecule has 6 heteroatoms. The van der Waals surface area contributed by atoms with Gasteiger partial charge in [-0.1, -0.05) is 12.1 Å². The summed E-state index contributed by atoms with van der Waals surface area (Å²) in [7, 11) is 3.53. The maximum atomic E-state index is 11.6. The van der Waals surface area contributed by atoms with E-state index in [1.807, 2.05) is 6.92 Å². The van der Waals surface area contributed by atoms with Crippen LogP contribution in [0.1, 0.15) is 24.5 Å². The number of carbonyl (C=O) groups is 1. The van der Waals surface area contributed by atoms with Crippen LogP contribution in [-0.2, 0) is 11.3 Å². The zero-order chi connectivity index (χ0) is 17.2. The number of guanidine groups is 1. The van der Waals surface area contributed by atoms with Gasteiger partial charge in [0.25, 0.3) is 0 Å². The van der Waals surface area contributed by atoms with E-state index < -0.39 is 0 Å². The lowest BCUT2D eigenvalue weighted by atomic mass is 10.1. The minimum atomic E-state index is 0.108. The molecule has 0 aliphatic carbocycles. The van der Waals surface area contributed by atoms with Gasteiger partial charge >= 0.3 is 0 Å². The molecule has 128 valence electrons. The van der Waals surface area contributed by atoms with Gasteiger partial charge in [-0.3, -0.25) is 4.79 Å². The lowest BCUT2D eigenvalue weighted by Crippen LogP contribution is -2.39. The van der Waals surface area contributed by atoms with E-state index in [1.165, 1.54) is 16.0 Å². The molecule has 1 aromatic rings. The first kappa shape index (κ1) is 19.4. The fourth-order valence-electron chi connectivity index (χ4n) is 2.00. The van der Waals surface area contributed by atoms with Crippen molar-refractivity contribution in [3.8, 4) is 0 Å². The van der Waals surface area contributed by atoms with Crippen molar-refractivity contribution in [2.75, 3.05) is 33.4 Å². The molecule has 0 aliphatic heterocycles. The Morgan fingerprint density at radius 3 is 2.65 bits per heavy atom. The topological polar surface area (TPSA) is 56.7 Å². The van der Waals surface area contributed by atoms with Crippen molar-refractivity contribution in [3.63, 3.8) is 0 Å². The summed E-state index contributed by atoms with van der Waals surface area (Å²) in [6.45, 7) is 6.11. The number of nitrogens with zero attached hydrogens (tertiary/aromatic N) is 2. The van der Waals surface area contributed by atoms with Gasteiger partial charge in [0.1, 0.15) is 0 Å². The Labute approximate surface area is 143 Å². The van der Waals surface area contributed by atoms with Crippen molar-refractivity contribution in [2.24, 2.45) is 4.99 Å². The molecule has 1 aromatic carbocycles. The molecule has 0 radical (unpaired) electrons. The van der Waals surface area contributed by atoms with Crippen LogP contribution in [0.3, 0.4) is 0 Å². The highest BCUT2D eigenvalue weighted by atomic mass is 32.2. The molecule has 0 saturated carbocycles. The van der Waals surface area contributed by atoms with Crippen LogP contribution in [0.15, 0.2) is 28.1 Å². The van der Waals surface area contributed by atoms with Crippen LogP contribution in [0, 0.1) is 6.92 Å². The summed E-state index contributed by atoms with van der Waals surface area (Å²) < 4.78 is 0. The van der Waals surface area contributed by atoms with Crippen LogP contribution in [0.5, 0.6) is 0 Å². The molecule has 0 bridgehead atoms. The summed E-state index contributed by atoms with van der Waals surface area (Å²) in [4.78, 5) is 19.1. The van der Waals surface area contributed by atoms with Gasteiger partial charge in [0.05, 0.1) is 6.54 Å². The van der Waals surface area contributed by atoms with Crippen molar-refractivity contribution in [2.45, 2.75) is 31.7 Å². The fraction of sp³-hybridized carbons (Fsp3) is 0.529. The first-order chi connectivity index (χ1) is 11.0. The lowest BCUT2D eigenvalue weighted by Gasteiger charge is -2.14. The van der Waals surface area contributed by atoms with Crippen molar-refractivity contribution in [3.05, 3.63) is 29.3 Å². The molecule has 5 nitrogen and oxygen atoms in total. The Morgan fingerprint density at radius 2 is 2.04 bits per heavy atom. The number of hydrogen-bond donors (Lipinski definition) is 2. The van der Waals surface area contributed by atoms with E-state index in [4.69, 9.17) is 0 Å². The number of aliphatic imine (C=N–C) groups is 1. The van der Waals surface area contributed by atoms with Crippen LogP contribution in [0.2, 0.25) is 0 Å². The van der Waals surface area contributed by atoms with Gasteiger partial charge in [-0.2, -0.15) is 0 Å². The number of thioether (sulfide) groups is 1. The maximum Gasteiger partial charge on any atom is 0.223 e. The summed E-state index contributed by atoms with van der Waals surface area (Å²) in [6, 6.07) is 6.43. The summed E-state index contributed by atoms with van der Waals surface area (Å²) in [5, 5.41) is 6.42. The highest BCUT2D eigenvalue weighted by molar-refractivity contribution is 7.98. The minimum absolute atomic E-state index is 0.108. The summed E-state index contributed by atoms with van der Waals surface area (Å²) in [6.07, 6.45) is 2.54. The zero-order valence-electron chi connectivity index (χ0n) is 14.8. The highest BCUT2D eigenvalue weighted by Crippen LogP contribution is 2.22. The Morgan fingerprint density at radius 1 is 1.30 bits per heavy atom. The molecular formula is C17H28N4OS. The highest BCUT2D eigenvalue weighted by Gasteiger charge is 2.05. The Balaban J connectivity index is 2.66. The van der Waals surface area contributed by atoms with Crippen molar-refractivity contribution >= 4 is 23.6 Å². The smallest absolute Gasteiger partial charge is 0.223 e. The average molecular weight is 337 g/mol. The summed E-state index contributed by atoms with van der Waals surface area (Å²) >= 11 is 1.74. The molecule has 23 heavy (non-hydrogen) atoms. The molecule has 0 heterocycles. The molecule has 0 spiro atoms. The number of rotatable bonds is 7. The van der Waals surface area contributed by atoms with E-state index in [0.717, 1.165) is 12.5 Å². The average Bonchev–Trinajstić information content (AvgIpc) is 2.52. The zero-order valence-corrected chi connectivity index (χ0v) is 15.6. The van der Waals surface area contributed by atoms with E-state index in [0.29, 0.717) is 19.5 Å². The van der Waals surface area contributed by atoms with Gasteiger partial charge in [-0.25, -0.2) is 4.99 Å². The molecule has 0 atom stereocenters. The van der Waals surface area contributed by atoms with E-state index in [1.54, 1.807) is 30.8 Å². The first-order valence-electron chi connectivity index (χ1n) is 7.83. The lowest BCUT2D eigenvalue weighted by molar-refractivity contribution is -0.128. The van der Waals surface area contributed by atoms with Gasteiger partial charge in [-0.15, -0.1) is 11.8 Å². The normalized spacial score (nSPS) is 11.3. The van der Waals surface area contributed by atoms with Crippen molar-refractivity contribution in [1.29, 1.82) is 0 Å². The number of hydrogen-bond acceptors (Lipinski definition) is 3. The monoisotopic (exact) mass is 336 g/mol. The predicted octanol–water partition coefficient (Wildman–Crippen LogP) is 2.25. The number of nitrogens with one attached hydrogen (secondary N) is 2. The van der Waals surface area contributed by atoms with E-state index in [9.17, 15) is 4.79 Å². The SMILES string of the molecule is CCNC(=NCc1ccc(C)cc1SC)NCCC(=O)N(C)C. The molecule has 0 aliphatic rings. The molecule has 1 rings (SSSR count). The number of benzene rings is 1. The van der Waals surface area contributed by atoms with Crippen LogP contribution >= 0.6 is 11.8 Å². The van der Waals surface area contributed by atoms with Gasteiger partial charge in [0.2, 0.25) is 5.91 Å². The standard InChI is InChI=1S/C17H28N4OS/c1-6-18-17(19-10-9-16(22)21(3)4)20-12-14-8-7-13(2)11-15(14)23-5/h7-8,11H,6,9-10,12H2,1-5H3,(H2,18,19,20). The number of carbonyl (C=O) groups excluding carboxylic acids is 1. The Hall–Kier alpha value is -1.69. The fourth-order valence-corrected chi connectivity index (χ4v) is 2.70. The number of amides is 1. The second kappa shape index (κ2) is 10.2. The van der Waals surface area contributed by atoms with Crippen molar-refractivity contribution < 1.29 is 4.79 Å². The largest absolute Gasteiger partial charge is 0.357 e. The molecule has 0 unspecified atom stereocenters. The Bertz CT molecular complexity index is 543. The summed E-state index contributed by atoms with van der Waals surface area (Å²) in [5.41, 5.74) is 2.47. The molecule has 1 amide bonds. The second-order valence-corrected chi connectivity index (χ2v) is 6.32.